The number of sulfonamides is 1. The quantitative estimate of drug-likeness (QED) is 0.789. The van der Waals surface area contributed by atoms with E-state index in [0.717, 1.165) is 5.52 Å². The minimum absolute atomic E-state index is 0.0414. The number of fused-ring (bicyclic) bond motifs is 1. The maximum Gasteiger partial charge on any atom is 0.263 e. The largest absolute Gasteiger partial charge is 0.328 e. The first-order valence-corrected chi connectivity index (χ1v) is 8.89. The van der Waals surface area contributed by atoms with Gasteiger partial charge in [-0.15, -0.1) is 0 Å². The topological polar surface area (TPSA) is 87.8 Å². The minimum atomic E-state index is -3.84. The van der Waals surface area contributed by atoms with Crippen molar-refractivity contribution in [3.63, 3.8) is 0 Å². The lowest BCUT2D eigenvalue weighted by Gasteiger charge is -2.10. The van der Waals surface area contributed by atoms with Gasteiger partial charge in [-0.05, 0) is 44.2 Å². The first kappa shape index (κ1) is 16.0. The molecule has 0 saturated carbocycles. The van der Waals surface area contributed by atoms with E-state index in [1.54, 1.807) is 30.6 Å². The number of nitriles is 1. The molecule has 0 unspecified atom stereocenters. The molecular formula is C17H16N4O2S. The van der Waals surface area contributed by atoms with E-state index < -0.39 is 10.0 Å². The second kappa shape index (κ2) is 5.98. The molecule has 1 heterocycles. The number of rotatable bonds is 4. The molecule has 0 spiro atoms. The molecule has 3 rings (SSSR count). The molecular weight excluding hydrogens is 324 g/mol. The fourth-order valence-corrected chi connectivity index (χ4v) is 3.72. The zero-order valence-corrected chi connectivity index (χ0v) is 14.1. The summed E-state index contributed by atoms with van der Waals surface area (Å²) in [6.07, 6.45) is 1.73. The number of nitrogens with zero attached hydrogens (tertiary/aromatic N) is 3. The Hall–Kier alpha value is -2.85. The molecule has 122 valence electrons. The van der Waals surface area contributed by atoms with Crippen molar-refractivity contribution in [1.82, 2.24) is 9.55 Å². The number of nitrogens with one attached hydrogen (secondary N) is 1. The average Bonchev–Trinajstić information content (AvgIpc) is 2.97. The summed E-state index contributed by atoms with van der Waals surface area (Å²) in [5.41, 5.74) is 2.15. The van der Waals surface area contributed by atoms with Crippen molar-refractivity contribution >= 4 is 26.7 Å². The van der Waals surface area contributed by atoms with Gasteiger partial charge in [-0.3, -0.25) is 4.72 Å². The summed E-state index contributed by atoms with van der Waals surface area (Å²) in [5, 5.41) is 9.09. The average molecular weight is 340 g/mol. The van der Waals surface area contributed by atoms with Gasteiger partial charge in [-0.1, -0.05) is 12.1 Å². The number of anilines is 1. The number of hydrogen-bond donors (Lipinski definition) is 1. The summed E-state index contributed by atoms with van der Waals surface area (Å²) in [4.78, 5) is 4.27. The molecule has 0 fully saturated rings. The summed E-state index contributed by atoms with van der Waals surface area (Å²) in [7, 11) is -3.84. The van der Waals surface area contributed by atoms with Crippen molar-refractivity contribution < 1.29 is 8.42 Å². The molecule has 1 N–H and O–H groups in total. The van der Waals surface area contributed by atoms with Gasteiger partial charge in [0.05, 0.1) is 28.6 Å². The maximum absolute atomic E-state index is 12.5. The SMILES string of the molecule is CC(C)n1cnc2cc(NS(=O)(=O)c3ccccc3C#N)ccc21. The number of imidazole rings is 1. The van der Waals surface area contributed by atoms with Crippen molar-refractivity contribution in [3.05, 3.63) is 54.4 Å². The van der Waals surface area contributed by atoms with Crippen LogP contribution in [0.4, 0.5) is 5.69 Å². The highest BCUT2D eigenvalue weighted by Gasteiger charge is 2.18. The van der Waals surface area contributed by atoms with Crippen LogP contribution in [0.1, 0.15) is 25.5 Å². The van der Waals surface area contributed by atoms with Gasteiger partial charge in [0.15, 0.2) is 0 Å². The number of hydrogen-bond acceptors (Lipinski definition) is 4. The molecule has 0 aliphatic heterocycles. The Labute approximate surface area is 140 Å². The smallest absolute Gasteiger partial charge is 0.263 e. The van der Waals surface area contributed by atoms with E-state index in [2.05, 4.69) is 23.6 Å². The van der Waals surface area contributed by atoms with E-state index in [0.29, 0.717) is 11.2 Å². The van der Waals surface area contributed by atoms with E-state index in [4.69, 9.17) is 5.26 Å². The Morgan fingerprint density at radius 3 is 2.67 bits per heavy atom. The number of aromatic nitrogens is 2. The van der Waals surface area contributed by atoms with E-state index in [1.807, 2.05) is 16.7 Å². The molecule has 0 aliphatic rings. The van der Waals surface area contributed by atoms with Crippen LogP contribution < -0.4 is 4.72 Å². The third-order valence-corrected chi connectivity index (χ3v) is 5.12. The summed E-state index contributed by atoms with van der Waals surface area (Å²) < 4.78 is 29.6. The molecule has 2 aromatic carbocycles. The fourth-order valence-electron chi connectivity index (χ4n) is 2.51. The predicted molar refractivity (Wildman–Crippen MR) is 92.1 cm³/mol. The summed E-state index contributed by atoms with van der Waals surface area (Å²) in [6.45, 7) is 4.10. The normalized spacial score (nSPS) is 11.6. The van der Waals surface area contributed by atoms with Crippen LogP contribution in [0.2, 0.25) is 0 Å². The third kappa shape index (κ3) is 2.84. The van der Waals surface area contributed by atoms with Crippen LogP contribution in [-0.2, 0) is 10.0 Å². The Balaban J connectivity index is 1.99. The van der Waals surface area contributed by atoms with Gasteiger partial charge < -0.3 is 4.57 Å². The molecule has 0 atom stereocenters. The van der Waals surface area contributed by atoms with Crippen LogP contribution in [0.5, 0.6) is 0 Å². The lowest BCUT2D eigenvalue weighted by Crippen LogP contribution is -2.14. The molecule has 6 nitrogen and oxygen atoms in total. The highest BCUT2D eigenvalue weighted by molar-refractivity contribution is 7.92. The Morgan fingerprint density at radius 2 is 1.96 bits per heavy atom. The predicted octanol–water partition coefficient (Wildman–Crippen LogP) is 3.29. The summed E-state index contributed by atoms with van der Waals surface area (Å²) >= 11 is 0. The Kier molecular flexibility index (Phi) is 3.99. The minimum Gasteiger partial charge on any atom is -0.328 e. The van der Waals surface area contributed by atoms with Crippen molar-refractivity contribution in [2.45, 2.75) is 24.8 Å². The van der Waals surface area contributed by atoms with Crippen molar-refractivity contribution in [2.75, 3.05) is 4.72 Å². The first-order chi connectivity index (χ1) is 11.4. The van der Waals surface area contributed by atoms with Gasteiger partial charge in [0.2, 0.25) is 0 Å². The highest BCUT2D eigenvalue weighted by atomic mass is 32.2. The van der Waals surface area contributed by atoms with Crippen LogP contribution in [-0.4, -0.2) is 18.0 Å². The van der Waals surface area contributed by atoms with Crippen LogP contribution in [0.3, 0.4) is 0 Å². The van der Waals surface area contributed by atoms with Crippen LogP contribution >= 0.6 is 0 Å². The second-order valence-corrected chi connectivity index (χ2v) is 7.31. The zero-order chi connectivity index (χ0) is 17.3. The lowest BCUT2D eigenvalue weighted by molar-refractivity contribution is 0.601. The van der Waals surface area contributed by atoms with Crippen LogP contribution in [0, 0.1) is 11.3 Å². The molecule has 0 saturated heterocycles. The van der Waals surface area contributed by atoms with Gasteiger partial charge in [-0.25, -0.2) is 13.4 Å². The van der Waals surface area contributed by atoms with Gasteiger partial charge in [0.25, 0.3) is 10.0 Å². The monoisotopic (exact) mass is 340 g/mol. The van der Waals surface area contributed by atoms with Crippen LogP contribution in [0.15, 0.2) is 53.7 Å². The van der Waals surface area contributed by atoms with Gasteiger partial charge in [0.1, 0.15) is 11.0 Å². The maximum atomic E-state index is 12.5. The molecule has 0 bridgehead atoms. The van der Waals surface area contributed by atoms with Crippen molar-refractivity contribution in [3.8, 4) is 6.07 Å². The second-order valence-electron chi connectivity index (χ2n) is 5.66. The van der Waals surface area contributed by atoms with E-state index >= 15 is 0 Å². The van der Waals surface area contributed by atoms with E-state index in [-0.39, 0.29) is 16.5 Å². The molecule has 0 radical (unpaired) electrons. The van der Waals surface area contributed by atoms with Gasteiger partial charge >= 0.3 is 0 Å². The standard InChI is InChI=1S/C17H16N4O2S/c1-12(2)21-11-19-15-9-14(7-8-16(15)21)20-24(22,23)17-6-4-3-5-13(17)10-18/h3-9,11-12,20H,1-2H3. The first-order valence-electron chi connectivity index (χ1n) is 7.41. The zero-order valence-electron chi connectivity index (χ0n) is 13.3. The molecule has 0 aliphatic carbocycles. The summed E-state index contributed by atoms with van der Waals surface area (Å²) in [6, 6.07) is 13.5. The van der Waals surface area contributed by atoms with Crippen molar-refractivity contribution in [2.24, 2.45) is 0 Å². The van der Waals surface area contributed by atoms with E-state index in [9.17, 15) is 8.42 Å². The molecule has 24 heavy (non-hydrogen) atoms. The lowest BCUT2D eigenvalue weighted by atomic mass is 10.2. The molecule has 3 aromatic rings. The van der Waals surface area contributed by atoms with E-state index in [1.165, 1.54) is 12.1 Å². The van der Waals surface area contributed by atoms with Gasteiger partial charge in [0, 0.05) is 6.04 Å². The van der Waals surface area contributed by atoms with Crippen LogP contribution in [0.25, 0.3) is 11.0 Å². The van der Waals surface area contributed by atoms with Gasteiger partial charge in [-0.2, -0.15) is 5.26 Å². The molecule has 0 amide bonds. The summed E-state index contributed by atoms with van der Waals surface area (Å²) in [5.74, 6) is 0. The molecule has 1 aromatic heterocycles. The Morgan fingerprint density at radius 1 is 1.21 bits per heavy atom. The highest BCUT2D eigenvalue weighted by Crippen LogP contribution is 2.24. The third-order valence-electron chi connectivity index (χ3n) is 3.68. The Bertz CT molecular complexity index is 1050. The molecule has 7 heteroatoms. The number of benzene rings is 2. The van der Waals surface area contributed by atoms with Crippen molar-refractivity contribution in [1.29, 1.82) is 5.26 Å². The fraction of sp³-hybridized carbons (Fsp3) is 0.176.